The van der Waals surface area contributed by atoms with Gasteiger partial charge in [-0.15, -0.1) is 0 Å². The number of esters is 1. The Labute approximate surface area is 116 Å². The van der Waals surface area contributed by atoms with Gasteiger partial charge >= 0.3 is 5.97 Å². The predicted octanol–water partition coefficient (Wildman–Crippen LogP) is 3.27. The quantitative estimate of drug-likeness (QED) is 0.527. The molecule has 0 N–H and O–H groups in total. The van der Waals surface area contributed by atoms with Crippen LogP contribution < -0.4 is 0 Å². The zero-order valence-electron chi connectivity index (χ0n) is 11.4. The number of aryl methyl sites for hydroxylation is 1. The number of ether oxygens (including phenoxy) is 1. The smallest absolute Gasteiger partial charge is 0.358 e. The first-order chi connectivity index (χ1) is 9.70. The lowest BCUT2D eigenvalue weighted by Crippen LogP contribution is -2.10. The highest BCUT2D eigenvalue weighted by Gasteiger charge is 2.15. The number of aromatic nitrogens is 2. The van der Waals surface area contributed by atoms with E-state index < -0.39 is 5.97 Å². The fourth-order valence-electron chi connectivity index (χ4n) is 2.27. The van der Waals surface area contributed by atoms with Crippen LogP contribution in [0.25, 0.3) is 21.8 Å². The first-order valence-corrected chi connectivity index (χ1v) is 6.54. The van der Waals surface area contributed by atoms with E-state index in [9.17, 15) is 4.79 Å². The van der Waals surface area contributed by atoms with Gasteiger partial charge in [0.15, 0.2) is 5.69 Å². The third-order valence-corrected chi connectivity index (χ3v) is 3.20. The molecule has 3 rings (SSSR count). The van der Waals surface area contributed by atoms with E-state index in [1.165, 1.54) is 0 Å². The molecule has 0 fully saturated rings. The molecule has 0 aliphatic rings. The molecule has 0 bridgehead atoms. The summed E-state index contributed by atoms with van der Waals surface area (Å²) < 4.78 is 5.00. The molecule has 0 saturated heterocycles. The Kier molecular flexibility index (Phi) is 3.06. The van der Waals surface area contributed by atoms with Crippen molar-refractivity contribution in [1.82, 2.24) is 9.97 Å². The van der Waals surface area contributed by atoms with Crippen molar-refractivity contribution in [2.24, 2.45) is 0 Å². The van der Waals surface area contributed by atoms with Crippen molar-refractivity contribution in [2.45, 2.75) is 13.8 Å². The summed E-state index contributed by atoms with van der Waals surface area (Å²) in [6.45, 7) is 3.88. The lowest BCUT2D eigenvalue weighted by atomic mass is 10.1. The topological polar surface area (TPSA) is 52.1 Å². The molecular weight excluding hydrogens is 252 g/mol. The predicted molar refractivity (Wildman–Crippen MR) is 77.7 cm³/mol. The Morgan fingerprint density at radius 3 is 2.75 bits per heavy atom. The van der Waals surface area contributed by atoms with Gasteiger partial charge in [-0.3, -0.25) is 0 Å². The molecule has 0 atom stereocenters. The number of benzene rings is 2. The van der Waals surface area contributed by atoms with Crippen molar-refractivity contribution < 1.29 is 9.53 Å². The van der Waals surface area contributed by atoms with Crippen LogP contribution >= 0.6 is 0 Å². The van der Waals surface area contributed by atoms with Gasteiger partial charge in [-0.25, -0.2) is 14.8 Å². The SMILES string of the molecule is CCOC(=O)c1nc2ccc3ccccc3c2nc1C. The zero-order valence-corrected chi connectivity index (χ0v) is 11.4. The number of fused-ring (bicyclic) bond motifs is 3. The molecule has 100 valence electrons. The maximum Gasteiger partial charge on any atom is 0.358 e. The number of hydrogen-bond acceptors (Lipinski definition) is 4. The highest BCUT2D eigenvalue weighted by molar-refractivity contribution is 6.04. The Balaban J connectivity index is 2.27. The summed E-state index contributed by atoms with van der Waals surface area (Å²) in [5, 5.41) is 2.15. The Bertz CT molecular complexity index is 812. The van der Waals surface area contributed by atoms with Crippen LogP contribution in [-0.4, -0.2) is 22.5 Å². The lowest BCUT2D eigenvalue weighted by molar-refractivity contribution is 0.0518. The van der Waals surface area contributed by atoms with Crippen LogP contribution in [0.5, 0.6) is 0 Å². The van der Waals surface area contributed by atoms with Crippen LogP contribution in [0.2, 0.25) is 0 Å². The Hall–Kier alpha value is -2.49. The van der Waals surface area contributed by atoms with E-state index in [0.29, 0.717) is 17.8 Å². The molecule has 0 aliphatic carbocycles. The van der Waals surface area contributed by atoms with Crippen molar-refractivity contribution >= 4 is 27.8 Å². The third kappa shape index (κ3) is 1.99. The second-order valence-electron chi connectivity index (χ2n) is 4.53. The van der Waals surface area contributed by atoms with E-state index in [1.807, 2.05) is 36.4 Å². The Morgan fingerprint density at radius 2 is 1.95 bits per heavy atom. The molecule has 0 spiro atoms. The summed E-state index contributed by atoms with van der Waals surface area (Å²) in [7, 11) is 0. The van der Waals surface area contributed by atoms with Crippen molar-refractivity contribution in [3.05, 3.63) is 47.8 Å². The second-order valence-corrected chi connectivity index (χ2v) is 4.53. The van der Waals surface area contributed by atoms with Crippen LogP contribution in [0.4, 0.5) is 0 Å². The highest BCUT2D eigenvalue weighted by Crippen LogP contribution is 2.23. The van der Waals surface area contributed by atoms with Gasteiger partial charge in [0.05, 0.1) is 23.3 Å². The summed E-state index contributed by atoms with van der Waals surface area (Å²) in [4.78, 5) is 20.8. The van der Waals surface area contributed by atoms with E-state index >= 15 is 0 Å². The summed E-state index contributed by atoms with van der Waals surface area (Å²) >= 11 is 0. The number of hydrogen-bond donors (Lipinski definition) is 0. The van der Waals surface area contributed by atoms with Gasteiger partial charge in [0, 0.05) is 5.39 Å². The summed E-state index contributed by atoms with van der Waals surface area (Å²) in [6, 6.07) is 11.9. The minimum Gasteiger partial charge on any atom is -0.461 e. The van der Waals surface area contributed by atoms with Crippen LogP contribution in [-0.2, 0) is 4.74 Å². The minimum absolute atomic E-state index is 0.287. The fraction of sp³-hybridized carbons (Fsp3) is 0.188. The largest absolute Gasteiger partial charge is 0.461 e. The molecular formula is C16H14N2O2. The van der Waals surface area contributed by atoms with Gasteiger partial charge in [0.2, 0.25) is 0 Å². The maximum atomic E-state index is 11.8. The molecule has 3 aromatic rings. The monoisotopic (exact) mass is 266 g/mol. The van der Waals surface area contributed by atoms with Crippen LogP contribution in [0, 0.1) is 6.92 Å². The Morgan fingerprint density at radius 1 is 1.15 bits per heavy atom. The number of rotatable bonds is 2. The van der Waals surface area contributed by atoms with Gasteiger partial charge in [-0.2, -0.15) is 0 Å². The second kappa shape index (κ2) is 4.89. The number of carbonyl (C=O) groups is 1. The summed E-state index contributed by atoms with van der Waals surface area (Å²) in [5.74, 6) is -0.424. The highest BCUT2D eigenvalue weighted by atomic mass is 16.5. The molecule has 2 aromatic carbocycles. The van der Waals surface area contributed by atoms with Crippen LogP contribution in [0.1, 0.15) is 23.1 Å². The van der Waals surface area contributed by atoms with Gasteiger partial charge < -0.3 is 4.74 Å². The molecule has 0 radical (unpaired) electrons. The lowest BCUT2D eigenvalue weighted by Gasteiger charge is -2.07. The summed E-state index contributed by atoms with van der Waals surface area (Å²) in [5.41, 5.74) is 2.40. The van der Waals surface area contributed by atoms with Crippen molar-refractivity contribution in [3.8, 4) is 0 Å². The molecule has 4 nitrogen and oxygen atoms in total. The van der Waals surface area contributed by atoms with E-state index in [-0.39, 0.29) is 5.69 Å². The number of carbonyl (C=O) groups excluding carboxylic acids is 1. The van der Waals surface area contributed by atoms with Gasteiger partial charge in [-0.05, 0) is 25.3 Å². The maximum absolute atomic E-state index is 11.8. The van der Waals surface area contributed by atoms with Crippen LogP contribution in [0.15, 0.2) is 36.4 Å². The standard InChI is InChI=1S/C16H14N2O2/c1-3-20-16(19)14-10(2)17-15-12-7-5-4-6-11(12)8-9-13(15)18-14/h4-9H,3H2,1-2H3. The van der Waals surface area contributed by atoms with Crippen molar-refractivity contribution in [1.29, 1.82) is 0 Å². The number of nitrogens with zero attached hydrogens (tertiary/aromatic N) is 2. The fourth-order valence-corrected chi connectivity index (χ4v) is 2.27. The van der Waals surface area contributed by atoms with E-state index in [1.54, 1.807) is 13.8 Å². The van der Waals surface area contributed by atoms with Crippen molar-refractivity contribution in [2.75, 3.05) is 6.61 Å². The van der Waals surface area contributed by atoms with Crippen LogP contribution in [0.3, 0.4) is 0 Å². The normalized spacial score (nSPS) is 10.9. The van der Waals surface area contributed by atoms with Gasteiger partial charge in [0.1, 0.15) is 0 Å². The zero-order chi connectivity index (χ0) is 14.1. The van der Waals surface area contributed by atoms with Gasteiger partial charge in [0.25, 0.3) is 0 Å². The first kappa shape index (κ1) is 12.5. The van der Waals surface area contributed by atoms with Crippen molar-refractivity contribution in [3.63, 3.8) is 0 Å². The molecule has 4 heteroatoms. The molecule has 20 heavy (non-hydrogen) atoms. The molecule has 0 amide bonds. The molecule has 0 saturated carbocycles. The average Bonchev–Trinajstić information content (AvgIpc) is 2.46. The third-order valence-electron chi connectivity index (χ3n) is 3.20. The van der Waals surface area contributed by atoms with E-state index in [0.717, 1.165) is 16.3 Å². The molecule has 0 unspecified atom stereocenters. The summed E-state index contributed by atoms with van der Waals surface area (Å²) in [6.07, 6.45) is 0. The van der Waals surface area contributed by atoms with E-state index in [2.05, 4.69) is 9.97 Å². The van der Waals surface area contributed by atoms with E-state index in [4.69, 9.17) is 4.74 Å². The molecule has 1 aromatic heterocycles. The van der Waals surface area contributed by atoms with Gasteiger partial charge in [-0.1, -0.05) is 30.3 Å². The first-order valence-electron chi connectivity index (χ1n) is 6.54. The average molecular weight is 266 g/mol. The minimum atomic E-state index is -0.424. The molecule has 1 heterocycles. The molecule has 0 aliphatic heterocycles.